The van der Waals surface area contributed by atoms with E-state index in [0.29, 0.717) is 12.6 Å². The molecule has 1 fully saturated rings. The summed E-state index contributed by atoms with van der Waals surface area (Å²) in [5, 5.41) is 12.7. The molecule has 2 rings (SSSR count). The van der Waals surface area contributed by atoms with Gasteiger partial charge in [-0.05, 0) is 31.2 Å². The van der Waals surface area contributed by atoms with Gasteiger partial charge in [0.15, 0.2) is 0 Å². The highest BCUT2D eigenvalue weighted by molar-refractivity contribution is 5.16. The van der Waals surface area contributed by atoms with Gasteiger partial charge in [-0.3, -0.25) is 0 Å². The Morgan fingerprint density at radius 3 is 3.00 bits per heavy atom. The van der Waals surface area contributed by atoms with E-state index < -0.39 is 0 Å². The van der Waals surface area contributed by atoms with Crippen LogP contribution in [0.5, 0.6) is 0 Å². The van der Waals surface area contributed by atoms with Crippen molar-refractivity contribution < 1.29 is 9.50 Å². The third-order valence-corrected chi connectivity index (χ3v) is 3.07. The molecule has 0 spiro atoms. The lowest BCUT2D eigenvalue weighted by Crippen LogP contribution is -2.34. The van der Waals surface area contributed by atoms with Crippen LogP contribution < -0.4 is 5.32 Å². The van der Waals surface area contributed by atoms with Gasteiger partial charge in [0.05, 0.1) is 6.10 Å². The highest BCUT2D eigenvalue weighted by atomic mass is 19.1. The number of aliphatic hydroxyl groups excluding tert-OH is 1. The minimum Gasteiger partial charge on any atom is -0.392 e. The molecule has 0 radical (unpaired) electrons. The molecule has 3 nitrogen and oxygen atoms in total. The van der Waals surface area contributed by atoms with Gasteiger partial charge in [0.1, 0.15) is 5.82 Å². The second kappa shape index (κ2) is 5.58. The Balaban J connectivity index is 1.83. The Bertz CT molecular complexity index is 372. The third-order valence-electron chi connectivity index (χ3n) is 3.07. The van der Waals surface area contributed by atoms with Gasteiger partial charge in [-0.15, -0.1) is 0 Å². The summed E-state index contributed by atoms with van der Waals surface area (Å²) < 4.78 is 13.0. The maximum atomic E-state index is 13.0. The lowest BCUT2D eigenvalue weighted by molar-refractivity contribution is 0.189. The summed E-state index contributed by atoms with van der Waals surface area (Å²) in [7, 11) is 2.01. The van der Waals surface area contributed by atoms with Crippen molar-refractivity contribution in [2.24, 2.45) is 0 Å². The lowest BCUT2D eigenvalue weighted by Gasteiger charge is -2.21. The van der Waals surface area contributed by atoms with E-state index in [0.717, 1.165) is 25.1 Å². The second-order valence-corrected chi connectivity index (χ2v) is 4.82. The van der Waals surface area contributed by atoms with E-state index in [-0.39, 0.29) is 11.9 Å². The van der Waals surface area contributed by atoms with E-state index in [2.05, 4.69) is 10.2 Å². The molecule has 4 heteroatoms. The largest absolute Gasteiger partial charge is 0.392 e. The van der Waals surface area contributed by atoms with Crippen LogP contribution in [0.3, 0.4) is 0 Å². The number of nitrogens with one attached hydrogen (secondary N) is 1. The Morgan fingerprint density at radius 1 is 1.53 bits per heavy atom. The van der Waals surface area contributed by atoms with E-state index in [1.807, 2.05) is 13.1 Å². The van der Waals surface area contributed by atoms with Crippen LogP contribution in [-0.4, -0.2) is 42.3 Å². The van der Waals surface area contributed by atoms with Gasteiger partial charge < -0.3 is 15.3 Å². The molecule has 1 aromatic carbocycles. The summed E-state index contributed by atoms with van der Waals surface area (Å²) in [6.45, 7) is 2.28. The molecule has 1 aliphatic rings. The summed E-state index contributed by atoms with van der Waals surface area (Å²) >= 11 is 0. The van der Waals surface area contributed by atoms with Gasteiger partial charge in [-0.25, -0.2) is 4.39 Å². The summed E-state index contributed by atoms with van der Waals surface area (Å²) in [6.07, 6.45) is 0.579. The zero-order chi connectivity index (χ0) is 12.3. The molecule has 2 N–H and O–H groups in total. The molecule has 1 aliphatic heterocycles. The maximum absolute atomic E-state index is 13.0. The van der Waals surface area contributed by atoms with Crippen molar-refractivity contribution in [3.63, 3.8) is 0 Å². The van der Waals surface area contributed by atoms with Gasteiger partial charge >= 0.3 is 0 Å². The molecule has 2 unspecified atom stereocenters. The van der Waals surface area contributed by atoms with Gasteiger partial charge in [0.25, 0.3) is 0 Å². The average molecular weight is 238 g/mol. The first-order valence-corrected chi connectivity index (χ1v) is 5.98. The third kappa shape index (κ3) is 3.77. The summed E-state index contributed by atoms with van der Waals surface area (Å²) in [5.41, 5.74) is 0.978. The van der Waals surface area contributed by atoms with Gasteiger partial charge in [0.2, 0.25) is 0 Å². The monoisotopic (exact) mass is 238 g/mol. The number of rotatable bonds is 4. The first kappa shape index (κ1) is 12.5. The first-order valence-electron chi connectivity index (χ1n) is 5.98. The van der Waals surface area contributed by atoms with Gasteiger partial charge in [-0.2, -0.15) is 0 Å². The average Bonchev–Trinajstić information content (AvgIpc) is 2.63. The Kier molecular flexibility index (Phi) is 4.10. The number of benzene rings is 1. The van der Waals surface area contributed by atoms with Crippen LogP contribution in [-0.2, 0) is 6.54 Å². The maximum Gasteiger partial charge on any atom is 0.123 e. The van der Waals surface area contributed by atoms with Crippen molar-refractivity contribution in [3.05, 3.63) is 35.6 Å². The molecule has 0 aromatic heterocycles. The van der Waals surface area contributed by atoms with Gasteiger partial charge in [-0.1, -0.05) is 12.1 Å². The molecule has 0 amide bonds. The molecule has 0 saturated carbocycles. The molecule has 1 aromatic rings. The number of halogens is 1. The number of aliphatic hydroxyl groups is 1. The highest BCUT2D eigenvalue weighted by Gasteiger charge is 2.22. The second-order valence-electron chi connectivity index (χ2n) is 4.82. The summed E-state index contributed by atoms with van der Waals surface area (Å²) in [4.78, 5) is 2.14. The van der Waals surface area contributed by atoms with E-state index in [4.69, 9.17) is 0 Å². The standard InChI is InChI=1S/C13H19FN2O/c1-16(9-12-6-13(17)7-15-12)8-10-3-2-4-11(14)5-10/h2-5,12-13,15,17H,6-9H2,1H3. The van der Waals surface area contributed by atoms with Crippen LogP contribution >= 0.6 is 0 Å². The predicted molar refractivity (Wildman–Crippen MR) is 65.1 cm³/mol. The van der Waals surface area contributed by atoms with Crippen molar-refractivity contribution >= 4 is 0 Å². The van der Waals surface area contributed by atoms with Crippen LogP contribution in [0.4, 0.5) is 4.39 Å². The van der Waals surface area contributed by atoms with Crippen LogP contribution in [0.1, 0.15) is 12.0 Å². The Labute approximate surface area is 101 Å². The smallest absolute Gasteiger partial charge is 0.123 e. The number of likely N-dealkylation sites (N-methyl/N-ethyl adjacent to an activating group) is 1. The molecule has 1 heterocycles. The van der Waals surface area contributed by atoms with Crippen molar-refractivity contribution in [1.82, 2.24) is 10.2 Å². The molecule has 2 atom stereocenters. The van der Waals surface area contributed by atoms with Crippen molar-refractivity contribution in [2.75, 3.05) is 20.1 Å². The van der Waals surface area contributed by atoms with E-state index >= 15 is 0 Å². The molecular weight excluding hydrogens is 219 g/mol. The van der Waals surface area contributed by atoms with E-state index in [9.17, 15) is 9.50 Å². The fraction of sp³-hybridized carbons (Fsp3) is 0.538. The van der Waals surface area contributed by atoms with Crippen molar-refractivity contribution in [3.8, 4) is 0 Å². The number of nitrogens with zero attached hydrogens (tertiary/aromatic N) is 1. The topological polar surface area (TPSA) is 35.5 Å². The summed E-state index contributed by atoms with van der Waals surface area (Å²) in [5.74, 6) is -0.190. The Morgan fingerprint density at radius 2 is 2.35 bits per heavy atom. The SMILES string of the molecule is CN(Cc1cccc(F)c1)CC1CC(O)CN1. The lowest BCUT2D eigenvalue weighted by atomic mass is 10.1. The summed E-state index contributed by atoms with van der Waals surface area (Å²) in [6, 6.07) is 7.02. The van der Waals surface area contributed by atoms with Gasteiger partial charge in [0, 0.05) is 25.7 Å². The zero-order valence-corrected chi connectivity index (χ0v) is 10.1. The van der Waals surface area contributed by atoms with Crippen molar-refractivity contribution in [1.29, 1.82) is 0 Å². The van der Waals surface area contributed by atoms with E-state index in [1.165, 1.54) is 6.07 Å². The fourth-order valence-electron chi connectivity index (χ4n) is 2.32. The van der Waals surface area contributed by atoms with E-state index in [1.54, 1.807) is 12.1 Å². The van der Waals surface area contributed by atoms with Crippen LogP contribution in [0.15, 0.2) is 24.3 Å². The molecule has 0 aliphatic carbocycles. The molecular formula is C13H19FN2O. The Hall–Kier alpha value is -0.970. The number of β-amino-alcohol motifs (C(OH)–C–C–N with tert-alkyl or cyclic N) is 1. The van der Waals surface area contributed by atoms with Crippen molar-refractivity contribution in [2.45, 2.75) is 25.1 Å². The quantitative estimate of drug-likeness (QED) is 0.821. The molecule has 94 valence electrons. The predicted octanol–water partition coefficient (Wildman–Crippen LogP) is 0.980. The number of hydrogen-bond acceptors (Lipinski definition) is 3. The van der Waals surface area contributed by atoms with Crippen LogP contribution in [0.25, 0.3) is 0 Å². The molecule has 1 saturated heterocycles. The number of hydrogen-bond donors (Lipinski definition) is 2. The van der Waals surface area contributed by atoms with Crippen LogP contribution in [0, 0.1) is 5.82 Å². The highest BCUT2D eigenvalue weighted by Crippen LogP contribution is 2.10. The molecule has 17 heavy (non-hydrogen) atoms. The minimum absolute atomic E-state index is 0.190. The normalized spacial score (nSPS) is 24.5. The fourth-order valence-corrected chi connectivity index (χ4v) is 2.32. The minimum atomic E-state index is -0.220. The first-order chi connectivity index (χ1) is 8.13. The van der Waals surface area contributed by atoms with Crippen LogP contribution in [0.2, 0.25) is 0 Å². The molecule has 0 bridgehead atoms. The zero-order valence-electron chi connectivity index (χ0n) is 10.1.